The summed E-state index contributed by atoms with van der Waals surface area (Å²) in [6.07, 6.45) is -0.341. The lowest BCUT2D eigenvalue weighted by atomic mass is 10.1. The molecule has 0 fully saturated rings. The largest absolute Gasteiger partial charge is 0.321 e. The predicted molar refractivity (Wildman–Crippen MR) is 72.7 cm³/mol. The van der Waals surface area contributed by atoms with Crippen molar-refractivity contribution in [2.45, 2.75) is 6.42 Å². The SMILES string of the molecule is O=C(Cc1ccc(F)c(F)c1)Nc1c(F)cc(Br)cc1F. The number of carbonyl (C=O) groups excluding carboxylic acids is 1. The van der Waals surface area contributed by atoms with E-state index in [9.17, 15) is 22.4 Å². The number of anilines is 1. The van der Waals surface area contributed by atoms with E-state index in [0.717, 1.165) is 24.3 Å². The van der Waals surface area contributed by atoms with Crippen molar-refractivity contribution in [2.75, 3.05) is 5.32 Å². The van der Waals surface area contributed by atoms with Crippen LogP contribution in [0, 0.1) is 23.3 Å². The van der Waals surface area contributed by atoms with Crippen molar-refractivity contribution >= 4 is 27.5 Å². The molecule has 2 aromatic rings. The van der Waals surface area contributed by atoms with Gasteiger partial charge in [-0.1, -0.05) is 22.0 Å². The molecule has 0 aromatic heterocycles. The van der Waals surface area contributed by atoms with Crippen LogP contribution < -0.4 is 5.32 Å². The summed E-state index contributed by atoms with van der Waals surface area (Å²) in [7, 11) is 0. The van der Waals surface area contributed by atoms with E-state index in [2.05, 4.69) is 21.2 Å². The Balaban J connectivity index is 2.13. The van der Waals surface area contributed by atoms with E-state index < -0.39 is 34.9 Å². The van der Waals surface area contributed by atoms with Crippen LogP contribution in [-0.4, -0.2) is 5.91 Å². The zero-order valence-corrected chi connectivity index (χ0v) is 12.0. The van der Waals surface area contributed by atoms with Gasteiger partial charge >= 0.3 is 0 Å². The van der Waals surface area contributed by atoms with E-state index in [1.54, 1.807) is 0 Å². The van der Waals surface area contributed by atoms with Crippen molar-refractivity contribution in [3.05, 3.63) is 63.6 Å². The van der Waals surface area contributed by atoms with Crippen molar-refractivity contribution in [3.63, 3.8) is 0 Å². The van der Waals surface area contributed by atoms with Gasteiger partial charge in [0.25, 0.3) is 0 Å². The molecule has 2 rings (SSSR count). The summed E-state index contributed by atoms with van der Waals surface area (Å²) in [6.45, 7) is 0. The third-order valence-electron chi connectivity index (χ3n) is 2.62. The maximum Gasteiger partial charge on any atom is 0.228 e. The first-order chi connectivity index (χ1) is 9.86. The van der Waals surface area contributed by atoms with Gasteiger partial charge in [0.15, 0.2) is 23.3 Å². The first-order valence-corrected chi connectivity index (χ1v) is 6.54. The molecule has 21 heavy (non-hydrogen) atoms. The smallest absolute Gasteiger partial charge is 0.228 e. The van der Waals surface area contributed by atoms with E-state index in [-0.39, 0.29) is 16.5 Å². The van der Waals surface area contributed by atoms with Crippen LogP contribution in [0.2, 0.25) is 0 Å². The predicted octanol–water partition coefficient (Wildman–Crippen LogP) is 4.19. The fraction of sp³-hybridized carbons (Fsp3) is 0.0714. The highest BCUT2D eigenvalue weighted by Gasteiger charge is 2.14. The Hall–Kier alpha value is -1.89. The second-order valence-electron chi connectivity index (χ2n) is 4.22. The van der Waals surface area contributed by atoms with Crippen LogP contribution in [0.25, 0.3) is 0 Å². The molecule has 0 aliphatic heterocycles. The first kappa shape index (κ1) is 15.5. The molecule has 110 valence electrons. The molecule has 0 heterocycles. The zero-order valence-electron chi connectivity index (χ0n) is 10.4. The lowest BCUT2D eigenvalue weighted by molar-refractivity contribution is -0.115. The Bertz CT molecular complexity index is 682. The summed E-state index contributed by atoms with van der Waals surface area (Å²) in [6, 6.07) is 4.93. The van der Waals surface area contributed by atoms with Crippen molar-refractivity contribution in [1.29, 1.82) is 0 Å². The van der Waals surface area contributed by atoms with Gasteiger partial charge in [-0.2, -0.15) is 0 Å². The van der Waals surface area contributed by atoms with Crippen molar-refractivity contribution in [2.24, 2.45) is 0 Å². The molecule has 7 heteroatoms. The third kappa shape index (κ3) is 3.81. The molecule has 2 nitrogen and oxygen atoms in total. The molecule has 0 aliphatic rings. The van der Waals surface area contributed by atoms with Crippen LogP contribution in [0.15, 0.2) is 34.8 Å². The normalized spacial score (nSPS) is 10.5. The van der Waals surface area contributed by atoms with Crippen LogP contribution in [0.4, 0.5) is 23.2 Å². The summed E-state index contributed by atoms with van der Waals surface area (Å²) in [4.78, 5) is 11.7. The standard InChI is InChI=1S/C14H8BrF4NO/c15-8-5-11(18)14(12(19)6-8)20-13(21)4-7-1-2-9(16)10(17)3-7/h1-3,5-6H,4H2,(H,20,21). The zero-order chi connectivity index (χ0) is 15.6. The van der Waals surface area contributed by atoms with E-state index in [0.29, 0.717) is 0 Å². The highest BCUT2D eigenvalue weighted by molar-refractivity contribution is 9.10. The number of benzene rings is 2. The highest BCUT2D eigenvalue weighted by atomic mass is 79.9. The molecule has 0 bridgehead atoms. The van der Waals surface area contributed by atoms with Crippen molar-refractivity contribution < 1.29 is 22.4 Å². The Kier molecular flexibility index (Phi) is 4.62. The molecule has 2 aromatic carbocycles. The van der Waals surface area contributed by atoms with Gasteiger partial charge in [-0.05, 0) is 29.8 Å². The maximum absolute atomic E-state index is 13.5. The second kappa shape index (κ2) is 6.26. The van der Waals surface area contributed by atoms with Crippen LogP contribution in [0.3, 0.4) is 0 Å². The fourth-order valence-corrected chi connectivity index (χ4v) is 2.08. The van der Waals surface area contributed by atoms with Gasteiger partial charge in [-0.25, -0.2) is 17.6 Å². The maximum atomic E-state index is 13.5. The number of nitrogens with one attached hydrogen (secondary N) is 1. The average molecular weight is 362 g/mol. The summed E-state index contributed by atoms with van der Waals surface area (Å²) >= 11 is 2.91. The minimum absolute atomic E-state index is 0.185. The number of rotatable bonds is 3. The minimum atomic E-state index is -1.10. The Labute approximate surface area is 125 Å². The van der Waals surface area contributed by atoms with Gasteiger partial charge in [0.2, 0.25) is 5.91 Å². The summed E-state index contributed by atoms with van der Waals surface area (Å²) in [5.41, 5.74) is -0.407. The number of hydrogen-bond donors (Lipinski definition) is 1. The molecule has 0 saturated carbocycles. The molecule has 1 N–H and O–H groups in total. The van der Waals surface area contributed by atoms with Crippen LogP contribution in [-0.2, 0) is 11.2 Å². The summed E-state index contributed by atoms with van der Waals surface area (Å²) < 4.78 is 53.0. The molecule has 0 saturated heterocycles. The summed E-state index contributed by atoms with van der Waals surface area (Å²) in [5, 5.41) is 2.06. The van der Waals surface area contributed by atoms with Gasteiger partial charge in [0.1, 0.15) is 5.69 Å². The Morgan fingerprint density at radius 3 is 2.14 bits per heavy atom. The van der Waals surface area contributed by atoms with Crippen molar-refractivity contribution in [3.8, 4) is 0 Å². The molecule has 0 atom stereocenters. The quantitative estimate of drug-likeness (QED) is 0.816. The van der Waals surface area contributed by atoms with Gasteiger partial charge in [-0.3, -0.25) is 4.79 Å². The lowest BCUT2D eigenvalue weighted by Gasteiger charge is -2.08. The third-order valence-corrected chi connectivity index (χ3v) is 3.08. The highest BCUT2D eigenvalue weighted by Crippen LogP contribution is 2.24. The average Bonchev–Trinajstić information content (AvgIpc) is 2.38. The van der Waals surface area contributed by atoms with Crippen LogP contribution in [0.5, 0.6) is 0 Å². The topological polar surface area (TPSA) is 29.1 Å². The number of hydrogen-bond acceptors (Lipinski definition) is 1. The van der Waals surface area contributed by atoms with Gasteiger partial charge in [0, 0.05) is 4.47 Å². The molecule has 0 spiro atoms. The van der Waals surface area contributed by atoms with E-state index in [1.165, 1.54) is 6.07 Å². The monoisotopic (exact) mass is 361 g/mol. The molecular formula is C14H8BrF4NO. The van der Waals surface area contributed by atoms with Gasteiger partial charge in [0.05, 0.1) is 6.42 Å². The Morgan fingerprint density at radius 1 is 0.952 bits per heavy atom. The molecule has 0 radical (unpaired) electrons. The number of halogens is 5. The summed E-state index contributed by atoms with van der Waals surface area (Å²) in [5.74, 6) is -4.77. The number of carbonyl (C=O) groups is 1. The van der Waals surface area contributed by atoms with Gasteiger partial charge in [-0.15, -0.1) is 0 Å². The Morgan fingerprint density at radius 2 is 1.57 bits per heavy atom. The lowest BCUT2D eigenvalue weighted by Crippen LogP contribution is -2.16. The van der Waals surface area contributed by atoms with Crippen LogP contribution >= 0.6 is 15.9 Å². The number of amides is 1. The molecular weight excluding hydrogens is 354 g/mol. The minimum Gasteiger partial charge on any atom is -0.321 e. The molecule has 0 unspecified atom stereocenters. The second-order valence-corrected chi connectivity index (χ2v) is 5.13. The van der Waals surface area contributed by atoms with Crippen LogP contribution in [0.1, 0.15) is 5.56 Å². The van der Waals surface area contributed by atoms with E-state index >= 15 is 0 Å². The van der Waals surface area contributed by atoms with Gasteiger partial charge < -0.3 is 5.32 Å². The van der Waals surface area contributed by atoms with E-state index in [4.69, 9.17) is 0 Å². The van der Waals surface area contributed by atoms with E-state index in [1.807, 2.05) is 0 Å². The molecule has 1 amide bonds. The molecule has 0 aliphatic carbocycles. The van der Waals surface area contributed by atoms with Crippen molar-refractivity contribution in [1.82, 2.24) is 0 Å². The first-order valence-electron chi connectivity index (χ1n) is 5.75. The fourth-order valence-electron chi connectivity index (χ4n) is 1.68.